The van der Waals surface area contributed by atoms with Gasteiger partial charge in [-0.3, -0.25) is 0 Å². The van der Waals surface area contributed by atoms with Crippen molar-refractivity contribution in [2.45, 2.75) is 13.1 Å². The molecule has 1 rings (SSSR count). The molecule has 0 atom stereocenters. The summed E-state index contributed by atoms with van der Waals surface area (Å²) in [6.45, 7) is 1.79. The van der Waals surface area contributed by atoms with Crippen molar-refractivity contribution in [3.8, 4) is 0 Å². The van der Waals surface area contributed by atoms with Crippen LogP contribution in [0.5, 0.6) is 0 Å². The van der Waals surface area contributed by atoms with E-state index in [1.807, 2.05) is 0 Å². The number of alkyl halides is 3. The molecule has 0 unspecified atom stereocenters. The molecule has 0 aliphatic carbocycles. The van der Waals surface area contributed by atoms with Gasteiger partial charge in [0.1, 0.15) is 0 Å². The van der Waals surface area contributed by atoms with E-state index in [1.165, 1.54) is 0 Å². The molecule has 1 aromatic rings. The number of esters is 1. The summed E-state index contributed by atoms with van der Waals surface area (Å²) in [4.78, 5) is 11.3. The van der Waals surface area contributed by atoms with E-state index in [2.05, 4.69) is 20.7 Å². The second kappa shape index (κ2) is 4.86. The Morgan fingerprint density at radius 2 is 2.06 bits per heavy atom. The maximum absolute atomic E-state index is 12.3. The fraction of sp³-hybridized carbons (Fsp3) is 0.300. The summed E-state index contributed by atoms with van der Waals surface area (Å²) in [5.41, 5.74) is -0.734. The fourth-order valence-electron chi connectivity index (χ4n) is 1.07. The van der Waals surface area contributed by atoms with Gasteiger partial charge in [0, 0.05) is 4.47 Å². The van der Waals surface area contributed by atoms with Crippen molar-refractivity contribution in [2.24, 2.45) is 0 Å². The van der Waals surface area contributed by atoms with Gasteiger partial charge in [-0.1, -0.05) is 0 Å². The van der Waals surface area contributed by atoms with Gasteiger partial charge in [-0.25, -0.2) is 4.79 Å². The Morgan fingerprint density at radius 3 is 2.50 bits per heavy atom. The minimum absolute atomic E-state index is 0.0702. The standard InChI is InChI=1S/C10H8BrF3O2/c1-2-16-9(15)7-4-3-6(5-8(7)11)10(12,13)14/h3-5H,2H2,1H3. The van der Waals surface area contributed by atoms with E-state index in [1.54, 1.807) is 6.92 Å². The van der Waals surface area contributed by atoms with Crippen LogP contribution in [0.4, 0.5) is 13.2 Å². The topological polar surface area (TPSA) is 26.3 Å². The van der Waals surface area contributed by atoms with Gasteiger partial charge in [-0.15, -0.1) is 0 Å². The molecule has 88 valence electrons. The molecular formula is C10H8BrF3O2. The second-order valence-electron chi connectivity index (χ2n) is 2.91. The Bertz CT molecular complexity index is 402. The van der Waals surface area contributed by atoms with Crippen LogP contribution in [0.1, 0.15) is 22.8 Å². The zero-order valence-corrected chi connectivity index (χ0v) is 9.85. The molecule has 0 aliphatic rings. The Balaban J connectivity index is 3.05. The molecule has 0 spiro atoms. The molecule has 6 heteroatoms. The predicted molar refractivity (Wildman–Crippen MR) is 55.1 cm³/mol. The van der Waals surface area contributed by atoms with Gasteiger partial charge in [-0.05, 0) is 41.1 Å². The molecule has 0 aromatic heterocycles. The zero-order valence-electron chi connectivity index (χ0n) is 8.27. The molecule has 0 saturated heterocycles. The highest BCUT2D eigenvalue weighted by Crippen LogP contribution is 2.32. The lowest BCUT2D eigenvalue weighted by Gasteiger charge is -2.09. The average Bonchev–Trinajstić information content (AvgIpc) is 2.16. The molecule has 0 saturated carbocycles. The molecule has 0 heterocycles. The minimum Gasteiger partial charge on any atom is -0.462 e. The summed E-state index contributed by atoms with van der Waals surface area (Å²) in [6, 6.07) is 2.79. The third-order valence-corrected chi connectivity index (χ3v) is 2.45. The number of ether oxygens (including phenoxy) is 1. The number of hydrogen-bond acceptors (Lipinski definition) is 2. The van der Waals surface area contributed by atoms with E-state index in [-0.39, 0.29) is 16.6 Å². The van der Waals surface area contributed by atoms with Gasteiger partial charge in [0.25, 0.3) is 0 Å². The van der Waals surface area contributed by atoms with Gasteiger partial charge >= 0.3 is 12.1 Å². The Labute approximate surface area is 98.5 Å². The Hall–Kier alpha value is -1.04. The fourth-order valence-corrected chi connectivity index (χ4v) is 1.61. The maximum Gasteiger partial charge on any atom is 0.416 e. The van der Waals surface area contributed by atoms with E-state index in [9.17, 15) is 18.0 Å². The van der Waals surface area contributed by atoms with Crippen LogP contribution in [-0.2, 0) is 10.9 Å². The van der Waals surface area contributed by atoms with Crippen LogP contribution in [0.2, 0.25) is 0 Å². The van der Waals surface area contributed by atoms with E-state index >= 15 is 0 Å². The maximum atomic E-state index is 12.3. The summed E-state index contributed by atoms with van der Waals surface area (Å²) in [6.07, 6.45) is -4.42. The number of rotatable bonds is 2. The lowest BCUT2D eigenvalue weighted by molar-refractivity contribution is -0.137. The van der Waals surface area contributed by atoms with Crippen LogP contribution < -0.4 is 0 Å². The van der Waals surface area contributed by atoms with Crippen molar-refractivity contribution in [3.63, 3.8) is 0 Å². The lowest BCUT2D eigenvalue weighted by Crippen LogP contribution is -2.09. The quantitative estimate of drug-likeness (QED) is 0.779. The van der Waals surface area contributed by atoms with Crippen molar-refractivity contribution in [1.29, 1.82) is 0 Å². The highest BCUT2D eigenvalue weighted by Gasteiger charge is 2.31. The Morgan fingerprint density at radius 1 is 1.44 bits per heavy atom. The van der Waals surface area contributed by atoms with Crippen LogP contribution in [0, 0.1) is 0 Å². The average molecular weight is 297 g/mol. The van der Waals surface area contributed by atoms with E-state index in [0.29, 0.717) is 0 Å². The lowest BCUT2D eigenvalue weighted by atomic mass is 10.1. The Kier molecular flexibility index (Phi) is 3.96. The molecular weight excluding hydrogens is 289 g/mol. The smallest absolute Gasteiger partial charge is 0.416 e. The molecule has 0 amide bonds. The van der Waals surface area contributed by atoms with Crippen molar-refractivity contribution in [3.05, 3.63) is 33.8 Å². The third-order valence-electron chi connectivity index (χ3n) is 1.79. The number of hydrogen-bond donors (Lipinski definition) is 0. The summed E-state index contributed by atoms with van der Waals surface area (Å²) in [5.74, 6) is -0.650. The molecule has 0 aliphatic heterocycles. The van der Waals surface area contributed by atoms with Crippen LogP contribution in [0.25, 0.3) is 0 Å². The summed E-state index contributed by atoms with van der Waals surface area (Å²) in [7, 11) is 0. The van der Waals surface area contributed by atoms with Crippen LogP contribution in [-0.4, -0.2) is 12.6 Å². The highest BCUT2D eigenvalue weighted by atomic mass is 79.9. The second-order valence-corrected chi connectivity index (χ2v) is 3.77. The van der Waals surface area contributed by atoms with Crippen molar-refractivity contribution in [2.75, 3.05) is 6.61 Å². The zero-order chi connectivity index (χ0) is 12.3. The third kappa shape index (κ3) is 2.98. The molecule has 0 fully saturated rings. The van der Waals surface area contributed by atoms with Crippen molar-refractivity contribution < 1.29 is 22.7 Å². The molecule has 1 aromatic carbocycles. The van der Waals surface area contributed by atoms with E-state index < -0.39 is 17.7 Å². The molecule has 0 bridgehead atoms. The van der Waals surface area contributed by atoms with E-state index in [4.69, 9.17) is 0 Å². The van der Waals surface area contributed by atoms with Gasteiger partial charge in [0.2, 0.25) is 0 Å². The van der Waals surface area contributed by atoms with Crippen molar-refractivity contribution in [1.82, 2.24) is 0 Å². The van der Waals surface area contributed by atoms with Crippen LogP contribution >= 0.6 is 15.9 Å². The van der Waals surface area contributed by atoms with E-state index in [0.717, 1.165) is 18.2 Å². The van der Waals surface area contributed by atoms with Gasteiger partial charge < -0.3 is 4.74 Å². The first-order valence-electron chi connectivity index (χ1n) is 4.40. The summed E-state index contributed by atoms with van der Waals surface area (Å²) < 4.78 is 41.7. The summed E-state index contributed by atoms with van der Waals surface area (Å²) in [5, 5.41) is 0. The highest BCUT2D eigenvalue weighted by molar-refractivity contribution is 9.10. The molecule has 16 heavy (non-hydrogen) atoms. The molecule has 0 N–H and O–H groups in total. The van der Waals surface area contributed by atoms with Crippen LogP contribution in [0.3, 0.4) is 0 Å². The first-order valence-corrected chi connectivity index (χ1v) is 5.19. The molecule has 0 radical (unpaired) electrons. The first kappa shape index (κ1) is 13.0. The number of benzene rings is 1. The number of halogens is 4. The number of carbonyl (C=O) groups excluding carboxylic acids is 1. The summed E-state index contributed by atoms with van der Waals surface area (Å²) >= 11 is 2.91. The monoisotopic (exact) mass is 296 g/mol. The molecule has 2 nitrogen and oxygen atoms in total. The van der Waals surface area contributed by atoms with Gasteiger partial charge in [0.05, 0.1) is 17.7 Å². The SMILES string of the molecule is CCOC(=O)c1ccc(C(F)(F)F)cc1Br. The largest absolute Gasteiger partial charge is 0.462 e. The first-order chi connectivity index (χ1) is 7.36. The van der Waals surface area contributed by atoms with Crippen molar-refractivity contribution >= 4 is 21.9 Å². The predicted octanol–water partition coefficient (Wildman–Crippen LogP) is 3.64. The van der Waals surface area contributed by atoms with Crippen LogP contribution in [0.15, 0.2) is 22.7 Å². The number of carbonyl (C=O) groups is 1. The van der Waals surface area contributed by atoms with Gasteiger partial charge in [0.15, 0.2) is 0 Å². The minimum atomic E-state index is -4.42. The van der Waals surface area contributed by atoms with Gasteiger partial charge in [-0.2, -0.15) is 13.2 Å². The normalized spacial score (nSPS) is 11.3.